The van der Waals surface area contributed by atoms with Crippen LogP contribution in [0.4, 0.5) is 0 Å². The number of hydrogen-bond acceptors (Lipinski definition) is 2. The molecule has 0 atom stereocenters. The summed E-state index contributed by atoms with van der Waals surface area (Å²) in [7, 11) is 3.35. The highest BCUT2D eigenvalue weighted by Gasteiger charge is 2.12. The summed E-state index contributed by atoms with van der Waals surface area (Å²) < 4.78 is 5.05. The topological polar surface area (TPSA) is 29.5 Å². The fourth-order valence-corrected chi connectivity index (χ4v) is 1.77. The van der Waals surface area contributed by atoms with Crippen LogP contribution in [0.15, 0.2) is 18.2 Å². The van der Waals surface area contributed by atoms with E-state index in [4.69, 9.17) is 16.3 Å². The molecule has 0 unspecified atom stereocenters. The molecule has 3 nitrogen and oxygen atoms in total. The van der Waals surface area contributed by atoms with Gasteiger partial charge in [0.1, 0.15) is 5.75 Å². The van der Waals surface area contributed by atoms with Crippen LogP contribution >= 0.6 is 11.6 Å². The quantitative estimate of drug-likeness (QED) is 0.809. The lowest BCUT2D eigenvalue weighted by Gasteiger charge is -2.17. The molecule has 0 aliphatic heterocycles. The number of halogens is 1. The third-order valence-corrected chi connectivity index (χ3v) is 2.89. The zero-order valence-electron chi connectivity index (χ0n) is 10.5. The lowest BCUT2D eigenvalue weighted by atomic mass is 10.2. The highest BCUT2D eigenvalue weighted by atomic mass is 35.5. The Bertz CT molecular complexity index is 393. The van der Waals surface area contributed by atoms with Crippen LogP contribution < -0.4 is 4.74 Å². The number of carbonyl (C=O) groups excluding carboxylic acids is 1. The zero-order valence-corrected chi connectivity index (χ0v) is 11.3. The molecular formula is C13H18ClNO2. The molecule has 94 valence electrons. The molecule has 1 rings (SSSR count). The molecule has 0 bridgehead atoms. The zero-order chi connectivity index (χ0) is 12.8. The third kappa shape index (κ3) is 3.63. The number of hydrogen-bond donors (Lipinski definition) is 0. The molecule has 0 fully saturated rings. The van der Waals surface area contributed by atoms with Crippen molar-refractivity contribution in [2.75, 3.05) is 20.7 Å². The van der Waals surface area contributed by atoms with E-state index in [-0.39, 0.29) is 5.91 Å². The van der Waals surface area contributed by atoms with Crippen LogP contribution in [-0.4, -0.2) is 31.5 Å². The second-order valence-electron chi connectivity index (χ2n) is 3.93. The molecule has 1 aromatic carbocycles. The van der Waals surface area contributed by atoms with Crippen molar-refractivity contribution < 1.29 is 9.53 Å². The summed E-state index contributed by atoms with van der Waals surface area (Å²) in [6.45, 7) is 2.86. The van der Waals surface area contributed by atoms with Gasteiger partial charge in [-0.05, 0) is 24.6 Å². The van der Waals surface area contributed by atoms with Crippen LogP contribution in [-0.2, 0) is 0 Å². The second-order valence-corrected chi connectivity index (χ2v) is 4.34. The van der Waals surface area contributed by atoms with Crippen LogP contribution in [0.1, 0.15) is 30.1 Å². The fraction of sp³-hybridized carbons (Fsp3) is 0.462. The maximum absolute atomic E-state index is 12.0. The molecule has 0 aliphatic rings. The van der Waals surface area contributed by atoms with Gasteiger partial charge < -0.3 is 9.64 Å². The van der Waals surface area contributed by atoms with Crippen LogP contribution in [0, 0.1) is 0 Å². The minimum absolute atomic E-state index is 0.0111. The van der Waals surface area contributed by atoms with Gasteiger partial charge in [0.15, 0.2) is 0 Å². The van der Waals surface area contributed by atoms with Gasteiger partial charge in [-0.2, -0.15) is 0 Å². The van der Waals surface area contributed by atoms with Crippen molar-refractivity contribution >= 4 is 17.5 Å². The van der Waals surface area contributed by atoms with E-state index in [0.29, 0.717) is 16.3 Å². The minimum Gasteiger partial charge on any atom is -0.495 e. The lowest BCUT2D eigenvalue weighted by Crippen LogP contribution is -2.27. The van der Waals surface area contributed by atoms with Crippen molar-refractivity contribution in [1.29, 1.82) is 0 Å². The van der Waals surface area contributed by atoms with E-state index in [1.54, 1.807) is 37.3 Å². The maximum atomic E-state index is 12.0. The molecule has 0 saturated carbocycles. The van der Waals surface area contributed by atoms with Crippen molar-refractivity contribution in [3.8, 4) is 5.75 Å². The Morgan fingerprint density at radius 1 is 1.47 bits per heavy atom. The molecule has 1 amide bonds. The Balaban J connectivity index is 2.78. The smallest absolute Gasteiger partial charge is 0.253 e. The lowest BCUT2D eigenvalue weighted by molar-refractivity contribution is 0.0793. The van der Waals surface area contributed by atoms with Gasteiger partial charge in [-0.1, -0.05) is 24.9 Å². The van der Waals surface area contributed by atoms with Gasteiger partial charge in [0, 0.05) is 19.2 Å². The Labute approximate surface area is 107 Å². The number of carbonyl (C=O) groups is 1. The third-order valence-electron chi connectivity index (χ3n) is 2.59. The van der Waals surface area contributed by atoms with E-state index in [1.807, 2.05) is 0 Å². The number of rotatable bonds is 5. The molecule has 0 heterocycles. The Hall–Kier alpha value is -1.22. The standard InChI is InChI=1S/C13H18ClNO2/c1-4-5-8-15(2)13(16)10-6-7-12(17-3)11(14)9-10/h6-7,9H,4-5,8H2,1-3H3. The molecule has 0 saturated heterocycles. The van der Waals surface area contributed by atoms with E-state index in [9.17, 15) is 4.79 Å². The highest BCUT2D eigenvalue weighted by molar-refractivity contribution is 6.32. The van der Waals surface area contributed by atoms with Crippen LogP contribution in [0.3, 0.4) is 0 Å². The van der Waals surface area contributed by atoms with Gasteiger partial charge in [-0.3, -0.25) is 4.79 Å². The molecule has 0 radical (unpaired) electrons. The molecule has 0 N–H and O–H groups in total. The van der Waals surface area contributed by atoms with Crippen LogP contribution in [0.2, 0.25) is 5.02 Å². The predicted molar refractivity (Wildman–Crippen MR) is 69.9 cm³/mol. The summed E-state index contributed by atoms with van der Waals surface area (Å²) in [5, 5.41) is 0.460. The molecule has 0 spiro atoms. The van der Waals surface area contributed by atoms with Gasteiger partial charge in [0.2, 0.25) is 0 Å². The number of benzene rings is 1. The largest absolute Gasteiger partial charge is 0.495 e. The van der Waals surface area contributed by atoms with E-state index >= 15 is 0 Å². The SMILES string of the molecule is CCCCN(C)C(=O)c1ccc(OC)c(Cl)c1. The van der Waals surface area contributed by atoms with Gasteiger partial charge in [-0.25, -0.2) is 0 Å². The molecule has 17 heavy (non-hydrogen) atoms. The molecular weight excluding hydrogens is 238 g/mol. The first-order valence-electron chi connectivity index (χ1n) is 5.69. The number of unbranched alkanes of at least 4 members (excludes halogenated alkanes) is 1. The van der Waals surface area contributed by atoms with Crippen LogP contribution in [0.25, 0.3) is 0 Å². The predicted octanol–water partition coefficient (Wildman–Crippen LogP) is 3.22. The minimum atomic E-state index is -0.0111. The van der Waals surface area contributed by atoms with Crippen LogP contribution in [0.5, 0.6) is 5.75 Å². The van der Waals surface area contributed by atoms with Crippen molar-refractivity contribution in [3.63, 3.8) is 0 Å². The summed E-state index contributed by atoms with van der Waals surface area (Å²) in [5.74, 6) is 0.572. The van der Waals surface area contributed by atoms with E-state index < -0.39 is 0 Å². The fourth-order valence-electron chi connectivity index (χ4n) is 1.52. The summed E-state index contributed by atoms with van der Waals surface area (Å²) >= 11 is 5.99. The summed E-state index contributed by atoms with van der Waals surface area (Å²) in [6.07, 6.45) is 2.08. The van der Waals surface area contributed by atoms with Crippen molar-refractivity contribution in [3.05, 3.63) is 28.8 Å². The first kappa shape index (κ1) is 13.8. The Morgan fingerprint density at radius 2 is 2.18 bits per heavy atom. The first-order chi connectivity index (χ1) is 8.10. The Morgan fingerprint density at radius 3 is 2.71 bits per heavy atom. The summed E-state index contributed by atoms with van der Waals surface area (Å²) in [6, 6.07) is 5.09. The van der Waals surface area contributed by atoms with E-state index in [0.717, 1.165) is 19.4 Å². The first-order valence-corrected chi connectivity index (χ1v) is 6.07. The van der Waals surface area contributed by atoms with E-state index in [2.05, 4.69) is 6.92 Å². The van der Waals surface area contributed by atoms with Crippen molar-refractivity contribution in [1.82, 2.24) is 4.90 Å². The maximum Gasteiger partial charge on any atom is 0.253 e. The molecule has 0 aromatic heterocycles. The average molecular weight is 256 g/mol. The summed E-state index contributed by atoms with van der Waals surface area (Å²) in [5.41, 5.74) is 0.592. The normalized spacial score (nSPS) is 10.1. The summed E-state index contributed by atoms with van der Waals surface area (Å²) in [4.78, 5) is 13.7. The number of ether oxygens (including phenoxy) is 1. The van der Waals surface area contributed by atoms with Gasteiger partial charge in [-0.15, -0.1) is 0 Å². The molecule has 1 aromatic rings. The van der Waals surface area contributed by atoms with Crippen molar-refractivity contribution in [2.45, 2.75) is 19.8 Å². The van der Waals surface area contributed by atoms with Gasteiger partial charge in [0.25, 0.3) is 5.91 Å². The second kappa shape index (κ2) is 6.50. The molecule has 4 heteroatoms. The Kier molecular flexibility index (Phi) is 5.29. The molecule has 0 aliphatic carbocycles. The van der Waals surface area contributed by atoms with Crippen molar-refractivity contribution in [2.24, 2.45) is 0 Å². The number of amides is 1. The average Bonchev–Trinajstić information content (AvgIpc) is 2.34. The van der Waals surface area contributed by atoms with Gasteiger partial charge >= 0.3 is 0 Å². The number of methoxy groups -OCH3 is 1. The number of nitrogens with zero attached hydrogens (tertiary/aromatic N) is 1. The van der Waals surface area contributed by atoms with Gasteiger partial charge in [0.05, 0.1) is 12.1 Å². The highest BCUT2D eigenvalue weighted by Crippen LogP contribution is 2.25. The monoisotopic (exact) mass is 255 g/mol. The van der Waals surface area contributed by atoms with E-state index in [1.165, 1.54) is 0 Å².